The molecule has 1 saturated carbocycles. The van der Waals surface area contributed by atoms with Gasteiger partial charge < -0.3 is 9.30 Å². The van der Waals surface area contributed by atoms with Crippen molar-refractivity contribution >= 4 is 22.8 Å². The van der Waals surface area contributed by atoms with E-state index in [0.29, 0.717) is 22.4 Å². The highest BCUT2D eigenvalue weighted by Gasteiger charge is 2.37. The Bertz CT molecular complexity index is 1430. The van der Waals surface area contributed by atoms with E-state index in [1.54, 1.807) is 22.8 Å². The van der Waals surface area contributed by atoms with Gasteiger partial charge in [0.25, 0.3) is 5.56 Å². The minimum absolute atomic E-state index is 0.0147. The second-order valence-electron chi connectivity index (χ2n) is 7.65. The molecule has 1 fully saturated rings. The minimum Gasteiger partial charge on any atom is -0.496 e. The number of benzene rings is 1. The van der Waals surface area contributed by atoms with Crippen molar-refractivity contribution in [2.24, 2.45) is 0 Å². The van der Waals surface area contributed by atoms with Gasteiger partial charge in [-0.3, -0.25) is 9.36 Å². The molecular formula is C21H16ClF3N6O2. The Kier molecular flexibility index (Phi) is 5.08. The fourth-order valence-corrected chi connectivity index (χ4v) is 3.78. The molecule has 1 aromatic carbocycles. The molecule has 0 N–H and O–H groups in total. The van der Waals surface area contributed by atoms with Crippen molar-refractivity contribution in [3.05, 3.63) is 63.7 Å². The number of aromatic nitrogens is 6. The lowest BCUT2D eigenvalue weighted by atomic mass is 10.1. The Morgan fingerprint density at radius 2 is 1.97 bits per heavy atom. The Hall–Kier alpha value is -3.47. The van der Waals surface area contributed by atoms with E-state index in [-0.39, 0.29) is 34.9 Å². The van der Waals surface area contributed by atoms with Gasteiger partial charge in [0.2, 0.25) is 5.28 Å². The summed E-state index contributed by atoms with van der Waals surface area (Å²) in [5.41, 5.74) is 0.432. The maximum absolute atomic E-state index is 13.3. The Balaban J connectivity index is 1.57. The molecule has 0 atom stereocenters. The van der Waals surface area contributed by atoms with Crippen molar-refractivity contribution in [2.75, 3.05) is 7.11 Å². The number of hydrogen-bond acceptors (Lipinski definition) is 6. The number of imidazole rings is 1. The summed E-state index contributed by atoms with van der Waals surface area (Å²) in [6.45, 7) is 0.118. The van der Waals surface area contributed by atoms with Crippen molar-refractivity contribution in [1.82, 2.24) is 29.1 Å². The molecule has 8 nitrogen and oxygen atoms in total. The molecule has 12 heteroatoms. The molecule has 170 valence electrons. The molecule has 1 aliphatic carbocycles. The van der Waals surface area contributed by atoms with E-state index in [9.17, 15) is 18.0 Å². The number of methoxy groups -OCH3 is 1. The molecule has 0 spiro atoms. The van der Waals surface area contributed by atoms with Crippen LogP contribution >= 0.6 is 11.6 Å². The first-order valence-electron chi connectivity index (χ1n) is 9.96. The quantitative estimate of drug-likeness (QED) is 0.403. The summed E-state index contributed by atoms with van der Waals surface area (Å²) < 4.78 is 48.3. The van der Waals surface area contributed by atoms with Crippen LogP contribution in [0.4, 0.5) is 13.2 Å². The average Bonchev–Trinajstić information content (AvgIpc) is 3.52. The van der Waals surface area contributed by atoms with E-state index in [4.69, 9.17) is 16.3 Å². The summed E-state index contributed by atoms with van der Waals surface area (Å²) in [6.07, 6.45) is 0.671. The number of ether oxygens (including phenoxy) is 1. The largest absolute Gasteiger partial charge is 0.496 e. The van der Waals surface area contributed by atoms with Crippen molar-refractivity contribution in [2.45, 2.75) is 31.6 Å². The number of rotatable bonds is 5. The maximum Gasteiger partial charge on any atom is 0.434 e. The van der Waals surface area contributed by atoms with Crippen molar-refractivity contribution < 1.29 is 17.9 Å². The van der Waals surface area contributed by atoms with Crippen LogP contribution in [0.15, 0.2) is 41.6 Å². The highest BCUT2D eigenvalue weighted by atomic mass is 35.5. The fraction of sp³-hybridized carbons (Fsp3) is 0.286. The van der Waals surface area contributed by atoms with Crippen LogP contribution in [0.1, 0.15) is 30.1 Å². The highest BCUT2D eigenvalue weighted by Crippen LogP contribution is 2.42. The van der Waals surface area contributed by atoms with E-state index >= 15 is 0 Å². The zero-order valence-electron chi connectivity index (χ0n) is 17.2. The van der Waals surface area contributed by atoms with Crippen LogP contribution in [0.25, 0.3) is 22.6 Å². The zero-order valence-corrected chi connectivity index (χ0v) is 17.9. The molecule has 0 radical (unpaired) electrons. The van der Waals surface area contributed by atoms with E-state index in [1.165, 1.54) is 17.9 Å². The van der Waals surface area contributed by atoms with Crippen LogP contribution in [0.2, 0.25) is 5.28 Å². The summed E-state index contributed by atoms with van der Waals surface area (Å²) in [6, 6.07) is 5.00. The van der Waals surface area contributed by atoms with Crippen LogP contribution in [-0.2, 0) is 12.7 Å². The Labute approximate surface area is 189 Å². The molecule has 3 aromatic heterocycles. The first-order valence-corrected chi connectivity index (χ1v) is 10.3. The standard InChI is InChI=1S/C21H16ClF3N6O2/c1-33-15-6-11(9-31-17(32)8-26-14-7-27-20(22)29-19(14)31)2-5-13(15)18-28-16(21(23,24)25)10-30(18)12-3-4-12/h2,5-8,10,12H,3-4,9H2,1H3. The molecule has 5 rings (SSSR count). The van der Waals surface area contributed by atoms with Crippen LogP contribution in [0, 0.1) is 0 Å². The molecule has 3 heterocycles. The van der Waals surface area contributed by atoms with Gasteiger partial charge in [-0.1, -0.05) is 6.07 Å². The van der Waals surface area contributed by atoms with E-state index in [1.807, 2.05) is 0 Å². The number of halogens is 4. The molecule has 0 bridgehead atoms. The van der Waals surface area contributed by atoms with Gasteiger partial charge >= 0.3 is 6.18 Å². The third kappa shape index (κ3) is 4.04. The molecule has 0 aliphatic heterocycles. The average molecular weight is 477 g/mol. The number of nitrogens with zero attached hydrogens (tertiary/aromatic N) is 6. The topological polar surface area (TPSA) is 87.7 Å². The van der Waals surface area contributed by atoms with Gasteiger partial charge in [-0.25, -0.2) is 15.0 Å². The molecule has 1 aliphatic rings. The van der Waals surface area contributed by atoms with Crippen molar-refractivity contribution in [3.8, 4) is 17.1 Å². The summed E-state index contributed by atoms with van der Waals surface area (Å²) in [5.74, 6) is 0.534. The monoisotopic (exact) mass is 476 g/mol. The molecular weight excluding hydrogens is 461 g/mol. The van der Waals surface area contributed by atoms with E-state index < -0.39 is 11.9 Å². The molecule has 0 amide bonds. The van der Waals surface area contributed by atoms with Crippen LogP contribution < -0.4 is 10.3 Å². The summed E-state index contributed by atoms with van der Waals surface area (Å²) in [5, 5.41) is -0.0241. The lowest BCUT2D eigenvalue weighted by Gasteiger charge is -2.13. The van der Waals surface area contributed by atoms with E-state index in [0.717, 1.165) is 25.2 Å². The van der Waals surface area contributed by atoms with Crippen molar-refractivity contribution in [1.29, 1.82) is 0 Å². The molecule has 33 heavy (non-hydrogen) atoms. The third-order valence-corrected chi connectivity index (χ3v) is 5.55. The summed E-state index contributed by atoms with van der Waals surface area (Å²) in [4.78, 5) is 28.3. The van der Waals surface area contributed by atoms with E-state index in [2.05, 4.69) is 19.9 Å². The number of fused-ring (bicyclic) bond motifs is 1. The van der Waals surface area contributed by atoms with Crippen LogP contribution in [-0.4, -0.2) is 36.2 Å². The third-order valence-electron chi connectivity index (χ3n) is 5.37. The van der Waals surface area contributed by atoms with Gasteiger partial charge in [-0.15, -0.1) is 0 Å². The Morgan fingerprint density at radius 1 is 1.18 bits per heavy atom. The fourth-order valence-electron chi connectivity index (χ4n) is 3.65. The predicted molar refractivity (Wildman–Crippen MR) is 113 cm³/mol. The lowest BCUT2D eigenvalue weighted by Crippen LogP contribution is -2.22. The van der Waals surface area contributed by atoms with Crippen LogP contribution in [0.5, 0.6) is 5.75 Å². The second kappa shape index (κ2) is 7.84. The molecule has 0 saturated heterocycles. The smallest absolute Gasteiger partial charge is 0.434 e. The Morgan fingerprint density at radius 3 is 2.67 bits per heavy atom. The van der Waals surface area contributed by atoms with Gasteiger partial charge in [0.05, 0.1) is 31.6 Å². The summed E-state index contributed by atoms with van der Waals surface area (Å²) in [7, 11) is 1.43. The van der Waals surface area contributed by atoms with Gasteiger partial charge in [0.1, 0.15) is 17.1 Å². The van der Waals surface area contributed by atoms with Gasteiger partial charge in [-0.2, -0.15) is 18.2 Å². The maximum atomic E-state index is 13.3. The summed E-state index contributed by atoms with van der Waals surface area (Å²) >= 11 is 5.89. The van der Waals surface area contributed by atoms with Crippen molar-refractivity contribution in [3.63, 3.8) is 0 Å². The lowest BCUT2D eigenvalue weighted by molar-refractivity contribution is -0.140. The van der Waals surface area contributed by atoms with Crippen LogP contribution in [0.3, 0.4) is 0 Å². The molecule has 4 aromatic rings. The van der Waals surface area contributed by atoms with Gasteiger partial charge in [0, 0.05) is 12.2 Å². The SMILES string of the molecule is COc1cc(Cn2c(=O)cnc3cnc(Cl)nc32)ccc1-c1nc(C(F)(F)F)cn1C1CC1. The second-order valence-corrected chi connectivity index (χ2v) is 7.99. The minimum atomic E-state index is -4.55. The normalized spacial score (nSPS) is 14.1. The first-order chi connectivity index (χ1) is 15.7. The highest BCUT2D eigenvalue weighted by molar-refractivity contribution is 6.28. The molecule has 0 unspecified atom stereocenters. The zero-order chi connectivity index (χ0) is 23.3. The predicted octanol–water partition coefficient (Wildman–Crippen LogP) is 4.11. The number of hydrogen-bond donors (Lipinski definition) is 0. The van der Waals surface area contributed by atoms with Gasteiger partial charge in [0.15, 0.2) is 11.3 Å². The first kappa shape index (κ1) is 21.4. The number of alkyl halides is 3. The van der Waals surface area contributed by atoms with Gasteiger partial charge in [-0.05, 0) is 42.1 Å².